The molecule has 9 heteroatoms. The molecule has 38 heavy (non-hydrogen) atoms. The predicted octanol–water partition coefficient (Wildman–Crippen LogP) is 7.82. The molecule has 0 spiro atoms. The molecule has 3 rings (SSSR count). The number of fused-ring (bicyclic) bond motifs is 1. The van der Waals surface area contributed by atoms with E-state index in [2.05, 4.69) is 15.9 Å². The molecule has 0 aliphatic rings. The number of carbonyl (C=O) groups excluding carboxylic acids is 3. The van der Waals surface area contributed by atoms with Gasteiger partial charge in [-0.3, -0.25) is 4.90 Å². The van der Waals surface area contributed by atoms with Gasteiger partial charge in [0.05, 0.1) is 5.69 Å². The zero-order valence-electron chi connectivity index (χ0n) is 22.8. The summed E-state index contributed by atoms with van der Waals surface area (Å²) in [4.78, 5) is 40.8. The van der Waals surface area contributed by atoms with Crippen molar-refractivity contribution < 1.29 is 33.3 Å². The largest absolute Gasteiger partial charge is 0.514 e. The Morgan fingerprint density at radius 3 is 2.00 bits per heavy atom. The standard InChI is InChI=1S/C29H32BrNO7/c1-17-22(25(32)35-19-12-10-9-11-13-19)24(36-27(34)38-29(5,6)7)21-16-18(30)14-15-20(21)23(17)31(8)26(33)37-28(2,3)4/h9-16H,1-8H3. The number of hydrogen-bond acceptors (Lipinski definition) is 7. The third-order valence-electron chi connectivity index (χ3n) is 5.17. The van der Waals surface area contributed by atoms with E-state index in [1.54, 1.807) is 104 Å². The molecule has 0 fully saturated rings. The second-order valence-corrected chi connectivity index (χ2v) is 11.6. The highest BCUT2D eigenvalue weighted by molar-refractivity contribution is 9.10. The molecular weight excluding hydrogens is 554 g/mol. The second-order valence-electron chi connectivity index (χ2n) is 10.7. The van der Waals surface area contributed by atoms with Gasteiger partial charge in [-0.1, -0.05) is 40.2 Å². The summed E-state index contributed by atoms with van der Waals surface area (Å²) in [5.74, 6) is -0.514. The van der Waals surface area contributed by atoms with Crippen LogP contribution < -0.4 is 14.4 Å². The lowest BCUT2D eigenvalue weighted by Crippen LogP contribution is -2.35. The summed E-state index contributed by atoms with van der Waals surface area (Å²) in [6.45, 7) is 12.1. The molecule has 0 bridgehead atoms. The fourth-order valence-electron chi connectivity index (χ4n) is 3.74. The van der Waals surface area contributed by atoms with Gasteiger partial charge in [-0.2, -0.15) is 0 Å². The maximum atomic E-state index is 13.6. The van der Waals surface area contributed by atoms with E-state index in [4.69, 9.17) is 18.9 Å². The third kappa shape index (κ3) is 7.04. The van der Waals surface area contributed by atoms with E-state index in [-0.39, 0.29) is 11.3 Å². The van der Waals surface area contributed by atoms with Crippen LogP contribution in [0.5, 0.6) is 11.5 Å². The highest BCUT2D eigenvalue weighted by Crippen LogP contribution is 2.43. The number of rotatable bonds is 4. The van der Waals surface area contributed by atoms with Crippen molar-refractivity contribution in [2.45, 2.75) is 59.7 Å². The zero-order valence-corrected chi connectivity index (χ0v) is 24.4. The minimum atomic E-state index is -0.986. The number of amides is 1. The number of nitrogens with zero attached hydrogens (tertiary/aromatic N) is 1. The first-order valence-electron chi connectivity index (χ1n) is 12.0. The minimum absolute atomic E-state index is 0.0317. The lowest BCUT2D eigenvalue weighted by molar-refractivity contribution is 0.0206. The van der Waals surface area contributed by atoms with Crippen molar-refractivity contribution in [2.24, 2.45) is 0 Å². The molecule has 0 saturated carbocycles. The molecule has 0 heterocycles. The molecule has 0 atom stereocenters. The van der Waals surface area contributed by atoms with Crippen LogP contribution in [0.25, 0.3) is 10.8 Å². The molecule has 3 aromatic carbocycles. The summed E-state index contributed by atoms with van der Waals surface area (Å²) in [5, 5.41) is 0.940. The van der Waals surface area contributed by atoms with Crippen LogP contribution in [0.15, 0.2) is 53.0 Å². The van der Waals surface area contributed by atoms with E-state index in [1.165, 1.54) is 4.90 Å². The third-order valence-corrected chi connectivity index (χ3v) is 5.67. The van der Waals surface area contributed by atoms with Crippen molar-refractivity contribution in [3.8, 4) is 11.5 Å². The minimum Gasteiger partial charge on any atom is -0.443 e. The highest BCUT2D eigenvalue weighted by Gasteiger charge is 2.31. The summed E-state index contributed by atoms with van der Waals surface area (Å²) < 4.78 is 23.0. The van der Waals surface area contributed by atoms with Gasteiger partial charge in [-0.05, 0) is 78.3 Å². The van der Waals surface area contributed by atoms with E-state index < -0.39 is 29.4 Å². The first-order chi connectivity index (χ1) is 17.6. The van der Waals surface area contributed by atoms with Crippen LogP contribution in [0.2, 0.25) is 0 Å². The van der Waals surface area contributed by atoms with Crippen molar-refractivity contribution in [3.05, 3.63) is 64.1 Å². The molecule has 0 aromatic heterocycles. The number of benzene rings is 3. The van der Waals surface area contributed by atoms with Crippen molar-refractivity contribution >= 4 is 50.6 Å². The number of hydrogen-bond donors (Lipinski definition) is 0. The van der Waals surface area contributed by atoms with Crippen molar-refractivity contribution in [1.29, 1.82) is 0 Å². The van der Waals surface area contributed by atoms with Gasteiger partial charge in [0.25, 0.3) is 0 Å². The molecule has 0 saturated heterocycles. The maximum Gasteiger partial charge on any atom is 0.514 e. The Balaban J connectivity index is 2.29. The number of anilines is 1. The Kier molecular flexibility index (Phi) is 8.41. The molecule has 0 aliphatic carbocycles. The van der Waals surface area contributed by atoms with Crippen LogP contribution in [0.4, 0.5) is 15.3 Å². The number of carbonyl (C=O) groups is 3. The highest BCUT2D eigenvalue weighted by atomic mass is 79.9. The molecule has 0 radical (unpaired) electrons. The molecule has 8 nitrogen and oxygen atoms in total. The first kappa shape index (κ1) is 29.0. The quantitative estimate of drug-likeness (QED) is 0.175. The van der Waals surface area contributed by atoms with Gasteiger partial charge in [-0.25, -0.2) is 14.4 Å². The van der Waals surface area contributed by atoms with Gasteiger partial charge in [0.15, 0.2) is 5.75 Å². The van der Waals surface area contributed by atoms with Crippen LogP contribution in [-0.2, 0) is 9.47 Å². The van der Waals surface area contributed by atoms with Gasteiger partial charge >= 0.3 is 18.2 Å². The number of halogens is 1. The van der Waals surface area contributed by atoms with E-state index in [0.29, 0.717) is 32.2 Å². The summed E-state index contributed by atoms with van der Waals surface area (Å²) >= 11 is 3.45. The monoisotopic (exact) mass is 585 g/mol. The van der Waals surface area contributed by atoms with E-state index in [9.17, 15) is 14.4 Å². The maximum absolute atomic E-state index is 13.6. The van der Waals surface area contributed by atoms with Gasteiger partial charge in [0, 0.05) is 22.3 Å². The van der Waals surface area contributed by atoms with E-state index in [0.717, 1.165) is 0 Å². The Bertz CT molecular complexity index is 1370. The van der Waals surface area contributed by atoms with Crippen molar-refractivity contribution in [1.82, 2.24) is 0 Å². The van der Waals surface area contributed by atoms with Gasteiger partial charge < -0.3 is 18.9 Å². The lowest BCUT2D eigenvalue weighted by atomic mass is 9.96. The molecular formula is C29H32BrNO7. The Labute approximate surface area is 230 Å². The SMILES string of the molecule is Cc1c(C(=O)Oc2ccccc2)c(OC(=O)OC(C)(C)C)c2cc(Br)ccc2c1N(C)C(=O)OC(C)(C)C. The van der Waals surface area contributed by atoms with Crippen LogP contribution in [0, 0.1) is 6.92 Å². The molecule has 0 aliphatic heterocycles. The van der Waals surface area contributed by atoms with E-state index >= 15 is 0 Å². The fraction of sp³-hybridized carbons (Fsp3) is 0.345. The Hall–Kier alpha value is -3.59. The summed E-state index contributed by atoms with van der Waals surface area (Å²) in [5.41, 5.74) is -0.849. The summed E-state index contributed by atoms with van der Waals surface area (Å²) in [6, 6.07) is 13.8. The van der Waals surface area contributed by atoms with Crippen LogP contribution in [0.1, 0.15) is 57.5 Å². The van der Waals surface area contributed by atoms with Gasteiger partial charge in [-0.15, -0.1) is 0 Å². The topological polar surface area (TPSA) is 91.4 Å². The molecule has 202 valence electrons. The van der Waals surface area contributed by atoms with Crippen LogP contribution in [-0.4, -0.2) is 36.5 Å². The van der Waals surface area contributed by atoms with Gasteiger partial charge in [0.1, 0.15) is 22.5 Å². The summed E-state index contributed by atoms with van der Waals surface area (Å²) in [6.07, 6.45) is -1.60. The predicted molar refractivity (Wildman–Crippen MR) is 149 cm³/mol. The number of para-hydroxylation sites is 1. The Morgan fingerprint density at radius 2 is 1.42 bits per heavy atom. The molecule has 3 aromatic rings. The normalized spacial score (nSPS) is 11.6. The van der Waals surface area contributed by atoms with Gasteiger partial charge in [0.2, 0.25) is 0 Å². The van der Waals surface area contributed by atoms with E-state index in [1.807, 2.05) is 0 Å². The Morgan fingerprint density at radius 1 is 0.816 bits per heavy atom. The average molecular weight is 586 g/mol. The molecule has 0 N–H and O–H groups in total. The average Bonchev–Trinajstić information content (AvgIpc) is 2.77. The van der Waals surface area contributed by atoms with Crippen LogP contribution >= 0.6 is 15.9 Å². The van der Waals surface area contributed by atoms with Crippen molar-refractivity contribution in [3.63, 3.8) is 0 Å². The number of ether oxygens (including phenoxy) is 4. The molecule has 0 unspecified atom stereocenters. The number of esters is 1. The van der Waals surface area contributed by atoms with Crippen molar-refractivity contribution in [2.75, 3.05) is 11.9 Å². The smallest absolute Gasteiger partial charge is 0.443 e. The lowest BCUT2D eigenvalue weighted by Gasteiger charge is -2.28. The first-order valence-corrected chi connectivity index (χ1v) is 12.8. The summed E-state index contributed by atoms with van der Waals surface area (Å²) in [7, 11) is 1.55. The fourth-order valence-corrected chi connectivity index (χ4v) is 4.10. The second kappa shape index (κ2) is 11.0. The van der Waals surface area contributed by atoms with Crippen LogP contribution in [0.3, 0.4) is 0 Å². The molecule has 1 amide bonds. The zero-order chi connectivity index (χ0) is 28.4.